The SMILES string of the molecule is C#CC1CCC(c2cc(C)cc(OC(F)(F)F)c2)O1. The first-order chi connectivity index (χ1) is 8.87. The Morgan fingerprint density at radius 2 is 2.05 bits per heavy atom. The highest BCUT2D eigenvalue weighted by Gasteiger charge is 2.32. The van der Waals surface area contributed by atoms with E-state index in [1.165, 1.54) is 12.1 Å². The van der Waals surface area contributed by atoms with Gasteiger partial charge in [0.2, 0.25) is 0 Å². The molecule has 0 radical (unpaired) electrons. The monoisotopic (exact) mass is 270 g/mol. The zero-order valence-corrected chi connectivity index (χ0v) is 10.3. The molecule has 0 amide bonds. The minimum atomic E-state index is -4.69. The summed E-state index contributed by atoms with van der Waals surface area (Å²) >= 11 is 0. The van der Waals surface area contributed by atoms with Gasteiger partial charge in [-0.15, -0.1) is 19.6 Å². The molecule has 2 unspecified atom stereocenters. The van der Waals surface area contributed by atoms with Crippen LogP contribution in [0.15, 0.2) is 18.2 Å². The zero-order valence-electron chi connectivity index (χ0n) is 10.3. The topological polar surface area (TPSA) is 18.5 Å². The summed E-state index contributed by atoms with van der Waals surface area (Å²) in [5, 5.41) is 0. The van der Waals surface area contributed by atoms with E-state index in [0.29, 0.717) is 24.0 Å². The molecule has 19 heavy (non-hydrogen) atoms. The van der Waals surface area contributed by atoms with Gasteiger partial charge in [0, 0.05) is 0 Å². The van der Waals surface area contributed by atoms with E-state index in [4.69, 9.17) is 11.2 Å². The Balaban J connectivity index is 2.20. The fourth-order valence-electron chi connectivity index (χ4n) is 2.16. The molecular formula is C14H13F3O2. The van der Waals surface area contributed by atoms with Gasteiger partial charge < -0.3 is 9.47 Å². The van der Waals surface area contributed by atoms with Gasteiger partial charge >= 0.3 is 6.36 Å². The Kier molecular flexibility index (Phi) is 3.72. The molecule has 2 nitrogen and oxygen atoms in total. The van der Waals surface area contributed by atoms with E-state index in [0.717, 1.165) is 0 Å². The Hall–Kier alpha value is -1.67. The molecule has 0 aliphatic carbocycles. The van der Waals surface area contributed by atoms with Crippen LogP contribution in [0, 0.1) is 19.3 Å². The Bertz CT molecular complexity index is 502. The molecule has 5 heteroatoms. The van der Waals surface area contributed by atoms with Crippen molar-refractivity contribution < 1.29 is 22.6 Å². The van der Waals surface area contributed by atoms with Gasteiger partial charge in [0.25, 0.3) is 0 Å². The molecule has 1 aliphatic rings. The van der Waals surface area contributed by atoms with Crippen LogP contribution in [0.25, 0.3) is 0 Å². The highest BCUT2D eigenvalue weighted by Crippen LogP contribution is 2.35. The summed E-state index contributed by atoms with van der Waals surface area (Å²) in [6, 6.07) is 4.47. The molecule has 0 N–H and O–H groups in total. The Morgan fingerprint density at radius 3 is 2.63 bits per heavy atom. The second kappa shape index (κ2) is 5.14. The maximum absolute atomic E-state index is 12.2. The maximum Gasteiger partial charge on any atom is 0.573 e. The molecule has 0 bridgehead atoms. The smallest absolute Gasteiger partial charge is 0.406 e. The summed E-state index contributed by atoms with van der Waals surface area (Å²) < 4.78 is 46.2. The van der Waals surface area contributed by atoms with Crippen molar-refractivity contribution in [2.75, 3.05) is 0 Å². The number of terminal acetylenes is 1. The van der Waals surface area contributed by atoms with Crippen LogP contribution < -0.4 is 4.74 Å². The molecule has 2 rings (SSSR count). The third kappa shape index (κ3) is 3.65. The van der Waals surface area contributed by atoms with Gasteiger partial charge in [0.05, 0.1) is 6.10 Å². The van der Waals surface area contributed by atoms with Gasteiger partial charge in [-0.2, -0.15) is 0 Å². The van der Waals surface area contributed by atoms with Crippen molar-refractivity contribution in [3.05, 3.63) is 29.3 Å². The lowest BCUT2D eigenvalue weighted by atomic mass is 10.0. The minimum Gasteiger partial charge on any atom is -0.406 e. The largest absolute Gasteiger partial charge is 0.573 e. The third-order valence-electron chi connectivity index (χ3n) is 2.88. The van der Waals surface area contributed by atoms with Crippen LogP contribution in [0.5, 0.6) is 5.75 Å². The molecule has 102 valence electrons. The van der Waals surface area contributed by atoms with Gasteiger partial charge in [0.15, 0.2) is 0 Å². The summed E-state index contributed by atoms with van der Waals surface area (Å²) in [5.41, 5.74) is 1.35. The quantitative estimate of drug-likeness (QED) is 0.762. The van der Waals surface area contributed by atoms with Crippen LogP contribution in [-0.4, -0.2) is 12.5 Å². The second-order valence-corrected chi connectivity index (χ2v) is 4.48. The number of halogens is 3. The van der Waals surface area contributed by atoms with Gasteiger partial charge in [-0.05, 0) is 43.0 Å². The normalized spacial score (nSPS) is 23.1. The second-order valence-electron chi connectivity index (χ2n) is 4.48. The molecule has 1 aliphatic heterocycles. The van der Waals surface area contributed by atoms with Crippen LogP contribution in [0.3, 0.4) is 0 Å². The molecule has 0 saturated carbocycles. The first-order valence-corrected chi connectivity index (χ1v) is 5.86. The number of benzene rings is 1. The standard InChI is InChI=1S/C14H13F3O2/c1-3-11-4-5-13(18-11)10-6-9(2)7-12(8-10)19-14(15,16)17/h1,6-8,11,13H,4-5H2,2H3. The van der Waals surface area contributed by atoms with Crippen molar-refractivity contribution >= 4 is 0 Å². The van der Waals surface area contributed by atoms with E-state index in [2.05, 4.69) is 10.7 Å². The van der Waals surface area contributed by atoms with Crippen LogP contribution in [-0.2, 0) is 4.74 Å². The van der Waals surface area contributed by atoms with Crippen molar-refractivity contribution in [2.45, 2.75) is 38.3 Å². The lowest BCUT2D eigenvalue weighted by Crippen LogP contribution is -2.17. The molecule has 0 spiro atoms. The van der Waals surface area contributed by atoms with Gasteiger partial charge in [-0.25, -0.2) is 0 Å². The number of hydrogen-bond acceptors (Lipinski definition) is 2. The van der Waals surface area contributed by atoms with Crippen molar-refractivity contribution in [3.8, 4) is 18.1 Å². The summed E-state index contributed by atoms with van der Waals surface area (Å²) in [5.74, 6) is 2.27. The number of rotatable bonds is 2. The van der Waals surface area contributed by atoms with E-state index in [1.807, 2.05) is 0 Å². The van der Waals surface area contributed by atoms with E-state index in [1.54, 1.807) is 13.0 Å². The van der Waals surface area contributed by atoms with Gasteiger partial charge in [0.1, 0.15) is 11.9 Å². The molecule has 0 aromatic heterocycles. The summed E-state index contributed by atoms with van der Waals surface area (Å²) in [7, 11) is 0. The lowest BCUT2D eigenvalue weighted by Gasteiger charge is -2.15. The molecule has 1 heterocycles. The maximum atomic E-state index is 12.2. The fourth-order valence-corrected chi connectivity index (χ4v) is 2.16. The average Bonchev–Trinajstić information content (AvgIpc) is 2.74. The van der Waals surface area contributed by atoms with Crippen LogP contribution in [0.2, 0.25) is 0 Å². The van der Waals surface area contributed by atoms with Gasteiger partial charge in [-0.3, -0.25) is 0 Å². The summed E-state index contributed by atoms with van der Waals surface area (Å²) in [6.45, 7) is 1.71. The number of aryl methyl sites for hydroxylation is 1. The molecule has 1 aromatic rings. The molecule has 1 fully saturated rings. The average molecular weight is 270 g/mol. The highest BCUT2D eigenvalue weighted by atomic mass is 19.4. The predicted molar refractivity (Wildman–Crippen MR) is 63.5 cm³/mol. The van der Waals surface area contributed by atoms with Crippen molar-refractivity contribution in [1.29, 1.82) is 0 Å². The minimum absolute atomic E-state index is 0.227. The van der Waals surface area contributed by atoms with Crippen molar-refractivity contribution in [1.82, 2.24) is 0 Å². The van der Waals surface area contributed by atoms with Crippen molar-refractivity contribution in [2.24, 2.45) is 0 Å². The van der Waals surface area contributed by atoms with E-state index >= 15 is 0 Å². The first kappa shape index (κ1) is 13.8. The third-order valence-corrected chi connectivity index (χ3v) is 2.88. The highest BCUT2D eigenvalue weighted by molar-refractivity contribution is 5.35. The van der Waals surface area contributed by atoms with Crippen LogP contribution in [0.4, 0.5) is 13.2 Å². The Labute approximate surface area is 109 Å². The van der Waals surface area contributed by atoms with E-state index < -0.39 is 6.36 Å². The molecule has 2 atom stereocenters. The fraction of sp³-hybridized carbons (Fsp3) is 0.429. The van der Waals surface area contributed by atoms with E-state index in [9.17, 15) is 13.2 Å². The van der Waals surface area contributed by atoms with Gasteiger partial charge in [-0.1, -0.05) is 12.0 Å². The molecule has 1 aromatic carbocycles. The number of hydrogen-bond donors (Lipinski definition) is 0. The first-order valence-electron chi connectivity index (χ1n) is 5.86. The Morgan fingerprint density at radius 1 is 1.32 bits per heavy atom. The zero-order chi connectivity index (χ0) is 14.0. The number of ether oxygens (including phenoxy) is 2. The van der Waals surface area contributed by atoms with Crippen LogP contribution in [0.1, 0.15) is 30.1 Å². The molecule has 1 saturated heterocycles. The predicted octanol–water partition coefficient (Wildman–Crippen LogP) is 3.75. The lowest BCUT2D eigenvalue weighted by molar-refractivity contribution is -0.274. The van der Waals surface area contributed by atoms with E-state index in [-0.39, 0.29) is 18.0 Å². The summed E-state index contributed by atoms with van der Waals surface area (Å²) in [4.78, 5) is 0. The summed E-state index contributed by atoms with van der Waals surface area (Å²) in [6.07, 6.45) is 1.45. The van der Waals surface area contributed by atoms with Crippen LogP contribution >= 0.6 is 0 Å². The van der Waals surface area contributed by atoms with Crippen molar-refractivity contribution in [3.63, 3.8) is 0 Å². The molecular weight excluding hydrogens is 257 g/mol. The number of alkyl halides is 3.